The van der Waals surface area contributed by atoms with Crippen LogP contribution in [0.3, 0.4) is 0 Å². The van der Waals surface area contributed by atoms with Gasteiger partial charge in [0, 0.05) is 0 Å². The molecule has 64 valence electrons. The Labute approximate surface area is 69.6 Å². The third kappa shape index (κ3) is 1.50. The van der Waals surface area contributed by atoms with Gasteiger partial charge >= 0.3 is 0 Å². The van der Waals surface area contributed by atoms with Gasteiger partial charge in [0.1, 0.15) is 11.4 Å². The summed E-state index contributed by atoms with van der Waals surface area (Å²) < 4.78 is 4.85. The predicted molar refractivity (Wildman–Crippen MR) is 41.8 cm³/mol. The fourth-order valence-corrected chi connectivity index (χ4v) is 0.790. The summed E-state index contributed by atoms with van der Waals surface area (Å²) in [5, 5.41) is 0. The molecule has 1 amide bonds. The number of hydrogen-bond donors (Lipinski definition) is 1. The molecule has 0 saturated carbocycles. The highest BCUT2D eigenvalue weighted by atomic mass is 16.5. The molecule has 0 atom stereocenters. The van der Waals surface area contributed by atoms with Crippen LogP contribution in [0.1, 0.15) is 16.2 Å². The molecule has 0 aliphatic heterocycles. The van der Waals surface area contributed by atoms with Gasteiger partial charge in [-0.2, -0.15) is 0 Å². The summed E-state index contributed by atoms with van der Waals surface area (Å²) in [6.45, 7) is 1.69. The molecule has 0 unspecified atom stereocenters. The summed E-state index contributed by atoms with van der Waals surface area (Å²) in [4.78, 5) is 18.3. The van der Waals surface area contributed by atoms with Gasteiger partial charge in [0.15, 0.2) is 0 Å². The van der Waals surface area contributed by atoms with Gasteiger partial charge in [-0.1, -0.05) is 0 Å². The zero-order valence-electron chi connectivity index (χ0n) is 6.87. The van der Waals surface area contributed by atoms with Crippen molar-refractivity contribution in [3.63, 3.8) is 0 Å². The first-order valence-corrected chi connectivity index (χ1v) is 3.32. The van der Waals surface area contributed by atoms with E-state index in [-0.39, 0.29) is 5.69 Å². The molecule has 5 nitrogen and oxygen atoms in total. The number of hydrogen-bond acceptors (Lipinski definition) is 4. The molecule has 0 radical (unpaired) electrons. The van der Waals surface area contributed by atoms with E-state index in [1.807, 2.05) is 0 Å². The van der Waals surface area contributed by atoms with E-state index in [9.17, 15) is 4.79 Å². The lowest BCUT2D eigenvalue weighted by Crippen LogP contribution is -2.14. The van der Waals surface area contributed by atoms with Gasteiger partial charge in [0.25, 0.3) is 5.91 Å². The molecule has 1 heterocycles. The molecule has 0 aliphatic carbocycles. The molecule has 12 heavy (non-hydrogen) atoms. The van der Waals surface area contributed by atoms with Crippen LogP contribution in [0.4, 0.5) is 0 Å². The molecule has 0 fully saturated rings. The molecule has 1 aromatic rings. The van der Waals surface area contributed by atoms with Crippen molar-refractivity contribution in [2.45, 2.75) is 6.92 Å². The minimum absolute atomic E-state index is 0.147. The van der Waals surface area contributed by atoms with Crippen LogP contribution in [0, 0.1) is 6.92 Å². The molecule has 5 heteroatoms. The summed E-state index contributed by atoms with van der Waals surface area (Å²) >= 11 is 0. The van der Waals surface area contributed by atoms with Crippen LogP contribution < -0.4 is 10.5 Å². The third-order valence-electron chi connectivity index (χ3n) is 1.35. The van der Waals surface area contributed by atoms with Crippen molar-refractivity contribution in [3.05, 3.63) is 17.6 Å². The number of ether oxygens (including phenoxy) is 1. The number of aromatic nitrogens is 2. The summed E-state index contributed by atoms with van der Waals surface area (Å²) in [5.41, 5.74) is 5.69. The largest absolute Gasteiger partial charge is 0.480 e. The van der Waals surface area contributed by atoms with Crippen molar-refractivity contribution in [2.75, 3.05) is 7.11 Å². The highest BCUT2D eigenvalue weighted by molar-refractivity contribution is 5.90. The monoisotopic (exact) mass is 167 g/mol. The first-order chi connectivity index (χ1) is 5.65. The number of aryl methyl sites for hydroxylation is 1. The van der Waals surface area contributed by atoms with Crippen molar-refractivity contribution in [1.82, 2.24) is 9.97 Å². The van der Waals surface area contributed by atoms with Crippen LogP contribution in [0.2, 0.25) is 0 Å². The summed E-state index contributed by atoms with van der Waals surface area (Å²) in [5.74, 6) is -0.187. The molecule has 0 bridgehead atoms. The van der Waals surface area contributed by atoms with Gasteiger partial charge in [-0.15, -0.1) is 0 Å². The Morgan fingerprint density at radius 2 is 2.33 bits per heavy atom. The normalized spacial score (nSPS) is 9.50. The maximum absolute atomic E-state index is 10.6. The Hall–Kier alpha value is -1.65. The van der Waals surface area contributed by atoms with Crippen LogP contribution >= 0.6 is 0 Å². The van der Waals surface area contributed by atoms with Gasteiger partial charge < -0.3 is 10.5 Å². The fraction of sp³-hybridized carbons (Fsp3) is 0.286. The van der Waals surface area contributed by atoms with Crippen LogP contribution in [0.5, 0.6) is 5.88 Å². The number of rotatable bonds is 2. The van der Waals surface area contributed by atoms with Crippen molar-refractivity contribution in [1.29, 1.82) is 0 Å². The maximum Gasteiger partial charge on any atom is 0.268 e. The molecule has 1 aromatic heterocycles. The second-order valence-electron chi connectivity index (χ2n) is 2.21. The molecule has 0 spiro atoms. The van der Waals surface area contributed by atoms with E-state index >= 15 is 0 Å². The Kier molecular flexibility index (Phi) is 2.23. The number of amides is 1. The number of carbonyl (C=O) groups is 1. The molecular weight excluding hydrogens is 158 g/mol. The molecular formula is C7H9N3O2. The first kappa shape index (κ1) is 8.45. The van der Waals surface area contributed by atoms with Crippen LogP contribution in [0.25, 0.3) is 0 Å². The molecule has 1 rings (SSSR count). The van der Waals surface area contributed by atoms with Crippen molar-refractivity contribution in [3.8, 4) is 5.88 Å². The van der Waals surface area contributed by atoms with E-state index in [0.717, 1.165) is 0 Å². The lowest BCUT2D eigenvalue weighted by Gasteiger charge is -2.02. The Morgan fingerprint density at radius 1 is 1.67 bits per heavy atom. The highest BCUT2D eigenvalue weighted by Crippen LogP contribution is 2.09. The van der Waals surface area contributed by atoms with Crippen molar-refractivity contribution in [2.24, 2.45) is 5.73 Å². The summed E-state index contributed by atoms with van der Waals surface area (Å²) in [7, 11) is 1.49. The van der Waals surface area contributed by atoms with Crippen LogP contribution in [-0.4, -0.2) is 23.0 Å². The topological polar surface area (TPSA) is 78.1 Å². The highest BCUT2D eigenvalue weighted by Gasteiger charge is 2.06. The van der Waals surface area contributed by atoms with Gasteiger partial charge in [-0.05, 0) is 6.92 Å². The fourth-order valence-electron chi connectivity index (χ4n) is 0.790. The number of primary amides is 1. The summed E-state index contributed by atoms with van der Waals surface area (Å²) in [6, 6.07) is 0. The summed E-state index contributed by atoms with van der Waals surface area (Å²) in [6.07, 6.45) is 1.29. The van der Waals surface area contributed by atoms with E-state index in [2.05, 4.69) is 9.97 Å². The first-order valence-electron chi connectivity index (χ1n) is 3.32. The van der Waals surface area contributed by atoms with Crippen LogP contribution in [0.15, 0.2) is 6.20 Å². The van der Waals surface area contributed by atoms with E-state index in [1.54, 1.807) is 6.92 Å². The quantitative estimate of drug-likeness (QED) is 0.666. The zero-order valence-corrected chi connectivity index (χ0v) is 6.87. The molecule has 0 aliphatic rings. The van der Waals surface area contributed by atoms with E-state index in [4.69, 9.17) is 10.5 Å². The van der Waals surface area contributed by atoms with Crippen LogP contribution in [-0.2, 0) is 0 Å². The standard InChI is InChI=1S/C7H9N3O2/c1-4-7(12-2)9-3-5(10-4)6(8)11/h3H,1-2H3,(H2,8,11). The second-order valence-corrected chi connectivity index (χ2v) is 2.21. The molecule has 2 N–H and O–H groups in total. The minimum Gasteiger partial charge on any atom is -0.480 e. The van der Waals surface area contributed by atoms with E-state index in [1.165, 1.54) is 13.3 Å². The lowest BCUT2D eigenvalue weighted by molar-refractivity contribution is 0.0995. The average Bonchev–Trinajstić information content (AvgIpc) is 2.04. The Balaban J connectivity index is 3.10. The van der Waals surface area contributed by atoms with Gasteiger partial charge in [0.2, 0.25) is 5.88 Å². The average molecular weight is 167 g/mol. The Bertz CT molecular complexity index is 312. The Morgan fingerprint density at radius 3 is 2.75 bits per heavy atom. The smallest absolute Gasteiger partial charge is 0.268 e. The number of nitrogens with two attached hydrogens (primary N) is 1. The van der Waals surface area contributed by atoms with E-state index < -0.39 is 5.91 Å². The zero-order chi connectivity index (χ0) is 9.14. The van der Waals surface area contributed by atoms with Gasteiger partial charge in [0.05, 0.1) is 13.3 Å². The SMILES string of the molecule is COc1ncc(C(N)=O)nc1C. The predicted octanol–water partition coefficient (Wildman–Crippen LogP) is -0.107. The van der Waals surface area contributed by atoms with E-state index in [0.29, 0.717) is 11.6 Å². The number of methoxy groups -OCH3 is 1. The second kappa shape index (κ2) is 3.17. The number of carbonyl (C=O) groups excluding carboxylic acids is 1. The maximum atomic E-state index is 10.6. The van der Waals surface area contributed by atoms with Gasteiger partial charge in [-0.3, -0.25) is 4.79 Å². The molecule has 0 saturated heterocycles. The number of nitrogens with zero attached hydrogens (tertiary/aromatic N) is 2. The van der Waals surface area contributed by atoms with Gasteiger partial charge in [-0.25, -0.2) is 9.97 Å². The van der Waals surface area contributed by atoms with Crippen molar-refractivity contribution < 1.29 is 9.53 Å². The third-order valence-corrected chi connectivity index (χ3v) is 1.35. The lowest BCUT2D eigenvalue weighted by atomic mass is 10.4. The molecule has 0 aromatic carbocycles. The van der Waals surface area contributed by atoms with Crippen molar-refractivity contribution >= 4 is 5.91 Å². The minimum atomic E-state index is -0.590.